The Kier molecular flexibility index (Phi) is 10.4. The number of rotatable bonds is 5. The Labute approximate surface area is 133 Å². The minimum absolute atomic E-state index is 0.0763. The molecule has 22 heavy (non-hydrogen) atoms. The number of hydrogen-bond acceptors (Lipinski definition) is 6. The van der Waals surface area contributed by atoms with Crippen molar-refractivity contribution in [3.8, 4) is 0 Å². The lowest BCUT2D eigenvalue weighted by Gasteiger charge is -2.42. The van der Waals surface area contributed by atoms with Crippen molar-refractivity contribution in [1.29, 1.82) is 0 Å². The fourth-order valence-corrected chi connectivity index (χ4v) is 2.65. The molecule has 134 valence electrons. The van der Waals surface area contributed by atoms with Gasteiger partial charge in [-0.2, -0.15) is 0 Å². The molecule has 6 nitrogen and oxygen atoms in total. The second-order valence-electron chi connectivity index (χ2n) is 6.74. The Morgan fingerprint density at radius 1 is 1.00 bits per heavy atom. The highest BCUT2D eigenvalue weighted by Crippen LogP contribution is 2.31. The van der Waals surface area contributed by atoms with Gasteiger partial charge in [0.1, 0.15) is 6.10 Å². The molecule has 0 saturated carbocycles. The predicted molar refractivity (Wildman–Crippen MR) is 84.1 cm³/mol. The van der Waals surface area contributed by atoms with Crippen LogP contribution in [-0.2, 0) is 4.74 Å². The van der Waals surface area contributed by atoms with Crippen LogP contribution in [0.25, 0.3) is 0 Å². The standard InChI is InChI=1S/C10H20O4.C6H14O2/c1-4-6-8(11)9(12)7(5(2)3)10(13)14-6;1-5(2)3-6(8)4-7/h5-13H,4H2,1-3H3;5-8H,3-4H2,1-2H3. The summed E-state index contributed by atoms with van der Waals surface area (Å²) in [6.45, 7) is 9.54. The molecule has 1 fully saturated rings. The quantitative estimate of drug-likeness (QED) is 0.504. The van der Waals surface area contributed by atoms with Gasteiger partial charge in [-0.3, -0.25) is 0 Å². The molecule has 6 unspecified atom stereocenters. The van der Waals surface area contributed by atoms with Crippen LogP contribution in [0.2, 0.25) is 0 Å². The average molecular weight is 322 g/mol. The first-order valence-corrected chi connectivity index (χ1v) is 8.14. The number of aliphatic hydroxyl groups excluding tert-OH is 5. The van der Waals surface area contributed by atoms with E-state index in [0.717, 1.165) is 0 Å². The number of ether oxygens (including phenoxy) is 1. The van der Waals surface area contributed by atoms with Crippen LogP contribution in [0.3, 0.4) is 0 Å². The fraction of sp³-hybridized carbons (Fsp3) is 1.00. The molecule has 0 aromatic rings. The molecule has 0 aromatic heterocycles. The summed E-state index contributed by atoms with van der Waals surface area (Å²) in [6, 6.07) is 0. The van der Waals surface area contributed by atoms with Crippen LogP contribution in [0.1, 0.15) is 47.5 Å². The lowest BCUT2D eigenvalue weighted by atomic mass is 9.82. The third kappa shape index (κ3) is 6.89. The minimum atomic E-state index is -0.974. The fourth-order valence-electron chi connectivity index (χ4n) is 2.65. The Morgan fingerprint density at radius 2 is 1.55 bits per heavy atom. The van der Waals surface area contributed by atoms with Gasteiger partial charge in [-0.15, -0.1) is 0 Å². The highest BCUT2D eigenvalue weighted by molar-refractivity contribution is 4.89. The summed E-state index contributed by atoms with van der Waals surface area (Å²) in [5.74, 6) is 0.136. The molecule has 5 N–H and O–H groups in total. The summed E-state index contributed by atoms with van der Waals surface area (Å²) in [5, 5.41) is 46.2. The van der Waals surface area contributed by atoms with Gasteiger partial charge >= 0.3 is 0 Å². The van der Waals surface area contributed by atoms with Gasteiger partial charge in [-0.25, -0.2) is 0 Å². The van der Waals surface area contributed by atoms with E-state index in [2.05, 4.69) is 0 Å². The van der Waals surface area contributed by atoms with Crippen molar-refractivity contribution in [2.24, 2.45) is 17.8 Å². The maximum Gasteiger partial charge on any atom is 0.160 e. The molecule has 6 heteroatoms. The van der Waals surface area contributed by atoms with E-state index in [1.54, 1.807) is 0 Å². The third-order valence-corrected chi connectivity index (χ3v) is 3.90. The summed E-state index contributed by atoms with van der Waals surface area (Å²) < 4.78 is 5.24. The molecule has 1 aliphatic rings. The van der Waals surface area contributed by atoms with Crippen LogP contribution in [-0.4, -0.2) is 62.8 Å². The molecule has 0 spiro atoms. The first-order valence-electron chi connectivity index (χ1n) is 8.14. The molecule has 0 aliphatic carbocycles. The van der Waals surface area contributed by atoms with Crippen molar-refractivity contribution in [2.45, 2.75) is 78.2 Å². The van der Waals surface area contributed by atoms with Crippen molar-refractivity contribution < 1.29 is 30.3 Å². The number of hydrogen-bond donors (Lipinski definition) is 5. The van der Waals surface area contributed by atoms with E-state index in [0.29, 0.717) is 18.8 Å². The summed E-state index contributed by atoms with van der Waals surface area (Å²) in [7, 11) is 0. The molecule has 0 bridgehead atoms. The SMILES string of the molecule is CC(C)CC(O)CO.CCC1OC(O)C(C(C)C)C(O)C1O. The zero-order valence-electron chi connectivity index (χ0n) is 14.4. The topological polar surface area (TPSA) is 110 Å². The van der Waals surface area contributed by atoms with E-state index >= 15 is 0 Å². The monoisotopic (exact) mass is 322 g/mol. The highest BCUT2D eigenvalue weighted by atomic mass is 16.6. The van der Waals surface area contributed by atoms with Gasteiger partial charge in [-0.1, -0.05) is 34.6 Å². The molecule has 1 saturated heterocycles. The van der Waals surface area contributed by atoms with Crippen LogP contribution in [0.5, 0.6) is 0 Å². The van der Waals surface area contributed by atoms with Crippen molar-refractivity contribution >= 4 is 0 Å². The van der Waals surface area contributed by atoms with Crippen LogP contribution in [0.15, 0.2) is 0 Å². The average Bonchev–Trinajstić information content (AvgIpc) is 2.42. The normalized spacial score (nSPS) is 33.5. The predicted octanol–water partition coefficient (Wildman–Crippen LogP) is 0.493. The van der Waals surface area contributed by atoms with E-state index < -0.39 is 36.6 Å². The van der Waals surface area contributed by atoms with Crippen LogP contribution < -0.4 is 0 Å². The van der Waals surface area contributed by atoms with Crippen LogP contribution >= 0.6 is 0 Å². The van der Waals surface area contributed by atoms with Crippen molar-refractivity contribution in [1.82, 2.24) is 0 Å². The summed E-state index contributed by atoms with van der Waals surface area (Å²) >= 11 is 0. The molecule has 0 amide bonds. The van der Waals surface area contributed by atoms with Gasteiger partial charge in [-0.05, 0) is 24.7 Å². The van der Waals surface area contributed by atoms with Gasteiger partial charge in [0.25, 0.3) is 0 Å². The maximum absolute atomic E-state index is 9.79. The summed E-state index contributed by atoms with van der Waals surface area (Å²) in [5.41, 5.74) is 0. The lowest BCUT2D eigenvalue weighted by Crippen LogP contribution is -2.55. The first-order chi connectivity index (χ1) is 10.1. The molecule has 0 radical (unpaired) electrons. The van der Waals surface area contributed by atoms with Gasteiger partial charge < -0.3 is 30.3 Å². The Morgan fingerprint density at radius 3 is 1.86 bits per heavy atom. The number of aliphatic hydroxyl groups is 5. The Balaban J connectivity index is 0.000000472. The molecule has 1 rings (SSSR count). The molecule has 6 atom stereocenters. The molecule has 1 heterocycles. The second kappa shape index (κ2) is 10.5. The van der Waals surface area contributed by atoms with Crippen molar-refractivity contribution in [2.75, 3.05) is 6.61 Å². The van der Waals surface area contributed by atoms with Crippen molar-refractivity contribution in [3.63, 3.8) is 0 Å². The second-order valence-corrected chi connectivity index (χ2v) is 6.74. The molecular weight excluding hydrogens is 288 g/mol. The summed E-state index contributed by atoms with van der Waals surface area (Å²) in [4.78, 5) is 0. The van der Waals surface area contributed by atoms with E-state index in [1.807, 2.05) is 34.6 Å². The maximum atomic E-state index is 9.79. The largest absolute Gasteiger partial charge is 0.394 e. The highest BCUT2D eigenvalue weighted by Gasteiger charge is 2.44. The zero-order valence-corrected chi connectivity index (χ0v) is 14.4. The molecular formula is C16H34O6. The van der Waals surface area contributed by atoms with Gasteiger partial charge in [0.2, 0.25) is 0 Å². The Hall–Kier alpha value is -0.240. The third-order valence-electron chi connectivity index (χ3n) is 3.90. The first kappa shape index (κ1) is 21.8. The smallest absolute Gasteiger partial charge is 0.160 e. The van der Waals surface area contributed by atoms with E-state index in [4.69, 9.17) is 14.9 Å². The van der Waals surface area contributed by atoms with E-state index in [-0.39, 0.29) is 12.5 Å². The van der Waals surface area contributed by atoms with E-state index in [9.17, 15) is 15.3 Å². The van der Waals surface area contributed by atoms with E-state index in [1.165, 1.54) is 0 Å². The minimum Gasteiger partial charge on any atom is -0.394 e. The van der Waals surface area contributed by atoms with Gasteiger partial charge in [0, 0.05) is 5.92 Å². The molecule has 1 aliphatic heterocycles. The Bertz CT molecular complexity index is 284. The van der Waals surface area contributed by atoms with Crippen molar-refractivity contribution in [3.05, 3.63) is 0 Å². The van der Waals surface area contributed by atoms with Gasteiger partial charge in [0.05, 0.1) is 24.9 Å². The van der Waals surface area contributed by atoms with Crippen LogP contribution in [0, 0.1) is 17.8 Å². The lowest BCUT2D eigenvalue weighted by molar-refractivity contribution is -0.272. The summed E-state index contributed by atoms with van der Waals surface area (Å²) in [6.07, 6.45) is -2.47. The zero-order chi connectivity index (χ0) is 17.4. The van der Waals surface area contributed by atoms with Gasteiger partial charge in [0.15, 0.2) is 6.29 Å². The molecule has 0 aromatic carbocycles. The van der Waals surface area contributed by atoms with Crippen LogP contribution in [0.4, 0.5) is 0 Å².